The predicted molar refractivity (Wildman–Crippen MR) is 94.7 cm³/mol. The highest BCUT2D eigenvalue weighted by molar-refractivity contribution is 5.90. The number of methoxy groups -OCH3 is 1. The molecule has 2 aromatic carbocycles. The number of carbonyl (C=O) groups excluding carboxylic acids is 1. The maximum Gasteiger partial charge on any atom is 0.416 e. The second kappa shape index (κ2) is 8.12. The Bertz CT molecular complexity index is 970. The Morgan fingerprint density at radius 3 is 2.71 bits per heavy atom. The van der Waals surface area contributed by atoms with Crippen LogP contribution in [0.25, 0.3) is 11.4 Å². The van der Waals surface area contributed by atoms with E-state index in [2.05, 4.69) is 15.5 Å². The van der Waals surface area contributed by atoms with Gasteiger partial charge in [0.2, 0.25) is 17.6 Å². The topological polar surface area (TPSA) is 77.2 Å². The van der Waals surface area contributed by atoms with Gasteiger partial charge in [-0.15, -0.1) is 0 Å². The molecule has 9 heteroatoms. The Morgan fingerprint density at radius 1 is 1.18 bits per heavy atom. The van der Waals surface area contributed by atoms with Gasteiger partial charge in [-0.25, -0.2) is 0 Å². The smallest absolute Gasteiger partial charge is 0.416 e. The van der Waals surface area contributed by atoms with E-state index in [0.717, 1.165) is 12.1 Å². The molecule has 0 saturated carbocycles. The van der Waals surface area contributed by atoms with Crippen LogP contribution in [0.2, 0.25) is 0 Å². The van der Waals surface area contributed by atoms with Crippen LogP contribution in [0.3, 0.4) is 0 Å². The maximum absolute atomic E-state index is 12.8. The molecule has 0 aliphatic heterocycles. The lowest BCUT2D eigenvalue weighted by Gasteiger charge is -2.06. The van der Waals surface area contributed by atoms with Crippen LogP contribution in [0.15, 0.2) is 53.1 Å². The van der Waals surface area contributed by atoms with Crippen LogP contribution in [0, 0.1) is 0 Å². The zero-order chi connectivity index (χ0) is 20.1. The summed E-state index contributed by atoms with van der Waals surface area (Å²) >= 11 is 0. The summed E-state index contributed by atoms with van der Waals surface area (Å²) in [6, 6.07) is 11.5. The maximum atomic E-state index is 12.8. The molecule has 0 spiro atoms. The van der Waals surface area contributed by atoms with E-state index in [1.54, 1.807) is 24.3 Å². The zero-order valence-corrected chi connectivity index (χ0v) is 14.8. The quantitative estimate of drug-likeness (QED) is 0.677. The van der Waals surface area contributed by atoms with E-state index in [1.807, 2.05) is 0 Å². The third kappa shape index (κ3) is 4.87. The summed E-state index contributed by atoms with van der Waals surface area (Å²) in [5.41, 5.74) is -0.0285. The van der Waals surface area contributed by atoms with Crippen LogP contribution in [0.1, 0.15) is 17.9 Å². The lowest BCUT2D eigenvalue weighted by molar-refractivity contribution is -0.137. The van der Waals surface area contributed by atoms with Crippen molar-refractivity contribution in [3.63, 3.8) is 0 Å². The standard InChI is InChI=1S/C19H16F3N3O3/c1-27-15-7-3-6-14(11-15)23-16(26)8-9-17-24-18(25-28-17)12-4-2-5-13(10-12)19(20,21)22/h2-7,10-11H,8-9H2,1H3,(H,23,26). The summed E-state index contributed by atoms with van der Waals surface area (Å²) in [7, 11) is 1.53. The van der Waals surface area contributed by atoms with Crippen molar-refractivity contribution in [3.05, 3.63) is 60.0 Å². The van der Waals surface area contributed by atoms with E-state index in [9.17, 15) is 18.0 Å². The average Bonchev–Trinajstić information content (AvgIpc) is 3.15. The second-order valence-corrected chi connectivity index (χ2v) is 5.87. The molecule has 0 aliphatic carbocycles. The van der Waals surface area contributed by atoms with Crippen LogP contribution in [-0.2, 0) is 17.4 Å². The van der Waals surface area contributed by atoms with Gasteiger partial charge in [0.15, 0.2) is 0 Å². The molecular weight excluding hydrogens is 375 g/mol. The van der Waals surface area contributed by atoms with Gasteiger partial charge < -0.3 is 14.6 Å². The van der Waals surface area contributed by atoms with E-state index in [1.165, 1.54) is 19.2 Å². The van der Waals surface area contributed by atoms with E-state index in [-0.39, 0.29) is 36.0 Å². The van der Waals surface area contributed by atoms with Gasteiger partial charge in [0.05, 0.1) is 12.7 Å². The number of hydrogen-bond donors (Lipinski definition) is 1. The van der Waals surface area contributed by atoms with E-state index < -0.39 is 11.7 Å². The van der Waals surface area contributed by atoms with Crippen LogP contribution in [-0.4, -0.2) is 23.2 Å². The van der Waals surface area contributed by atoms with Crippen molar-refractivity contribution >= 4 is 11.6 Å². The molecule has 146 valence electrons. The van der Waals surface area contributed by atoms with Crippen molar-refractivity contribution in [1.29, 1.82) is 0 Å². The second-order valence-electron chi connectivity index (χ2n) is 5.87. The minimum Gasteiger partial charge on any atom is -0.497 e. The molecule has 1 heterocycles. The van der Waals surface area contributed by atoms with Gasteiger partial charge in [0.1, 0.15) is 5.75 Å². The average molecular weight is 391 g/mol. The van der Waals surface area contributed by atoms with Crippen LogP contribution in [0.5, 0.6) is 5.75 Å². The highest BCUT2D eigenvalue weighted by atomic mass is 19.4. The fourth-order valence-electron chi connectivity index (χ4n) is 2.45. The molecule has 28 heavy (non-hydrogen) atoms. The molecule has 0 fully saturated rings. The number of rotatable bonds is 6. The first-order valence-corrected chi connectivity index (χ1v) is 8.29. The molecule has 0 aliphatic rings. The van der Waals surface area contributed by atoms with Gasteiger partial charge in [-0.3, -0.25) is 4.79 Å². The van der Waals surface area contributed by atoms with Crippen LogP contribution < -0.4 is 10.1 Å². The first kappa shape index (κ1) is 19.4. The first-order valence-electron chi connectivity index (χ1n) is 8.29. The third-order valence-electron chi connectivity index (χ3n) is 3.84. The number of benzene rings is 2. The molecule has 0 radical (unpaired) electrons. The summed E-state index contributed by atoms with van der Waals surface area (Å²) in [5.74, 6) is 0.537. The van der Waals surface area contributed by atoms with E-state index in [4.69, 9.17) is 9.26 Å². The van der Waals surface area contributed by atoms with Crippen LogP contribution in [0.4, 0.5) is 18.9 Å². The van der Waals surface area contributed by atoms with E-state index in [0.29, 0.717) is 11.4 Å². The van der Waals surface area contributed by atoms with Crippen molar-refractivity contribution < 1.29 is 27.2 Å². The summed E-state index contributed by atoms with van der Waals surface area (Å²) < 4.78 is 48.5. The Balaban J connectivity index is 1.61. The fraction of sp³-hybridized carbons (Fsp3) is 0.211. The number of aromatic nitrogens is 2. The van der Waals surface area contributed by atoms with Crippen molar-refractivity contribution in [2.45, 2.75) is 19.0 Å². The lowest BCUT2D eigenvalue weighted by atomic mass is 10.1. The molecule has 3 rings (SSSR count). The SMILES string of the molecule is COc1cccc(NC(=O)CCc2nc(-c3cccc(C(F)(F)F)c3)no2)c1. The highest BCUT2D eigenvalue weighted by Gasteiger charge is 2.30. The molecule has 0 saturated heterocycles. The van der Waals surface area contributed by atoms with Gasteiger partial charge in [0.25, 0.3) is 0 Å². The molecule has 1 amide bonds. The minimum atomic E-state index is -4.46. The summed E-state index contributed by atoms with van der Waals surface area (Å²) in [6.45, 7) is 0. The predicted octanol–water partition coefficient (Wildman–Crippen LogP) is 4.34. The Labute approximate surface area is 158 Å². The summed E-state index contributed by atoms with van der Waals surface area (Å²) in [6.07, 6.45) is -4.23. The Kier molecular flexibility index (Phi) is 5.62. The van der Waals surface area contributed by atoms with Crippen molar-refractivity contribution in [2.24, 2.45) is 0 Å². The molecular formula is C19H16F3N3O3. The number of amides is 1. The number of hydrogen-bond acceptors (Lipinski definition) is 5. The van der Waals surface area contributed by atoms with Crippen molar-refractivity contribution in [1.82, 2.24) is 10.1 Å². The number of ether oxygens (including phenoxy) is 1. The number of anilines is 1. The van der Waals surface area contributed by atoms with Crippen LogP contribution >= 0.6 is 0 Å². The van der Waals surface area contributed by atoms with Crippen molar-refractivity contribution in [3.8, 4) is 17.1 Å². The Morgan fingerprint density at radius 2 is 1.96 bits per heavy atom. The molecule has 0 unspecified atom stereocenters. The largest absolute Gasteiger partial charge is 0.497 e. The number of alkyl halides is 3. The highest BCUT2D eigenvalue weighted by Crippen LogP contribution is 2.31. The molecule has 3 aromatic rings. The van der Waals surface area contributed by atoms with Gasteiger partial charge in [-0.05, 0) is 24.3 Å². The van der Waals surface area contributed by atoms with Crippen molar-refractivity contribution in [2.75, 3.05) is 12.4 Å². The molecule has 1 N–H and O–H groups in total. The lowest BCUT2D eigenvalue weighted by Crippen LogP contribution is -2.12. The zero-order valence-electron chi connectivity index (χ0n) is 14.8. The number of aryl methyl sites for hydroxylation is 1. The molecule has 1 aromatic heterocycles. The summed E-state index contributed by atoms with van der Waals surface area (Å²) in [5, 5.41) is 6.41. The van der Waals surface area contributed by atoms with Gasteiger partial charge in [-0.1, -0.05) is 23.4 Å². The molecule has 6 nitrogen and oxygen atoms in total. The van der Waals surface area contributed by atoms with Gasteiger partial charge in [0, 0.05) is 30.2 Å². The molecule has 0 atom stereocenters. The third-order valence-corrected chi connectivity index (χ3v) is 3.84. The fourth-order valence-corrected chi connectivity index (χ4v) is 2.45. The number of halogens is 3. The summed E-state index contributed by atoms with van der Waals surface area (Å²) in [4.78, 5) is 16.1. The van der Waals surface area contributed by atoms with Gasteiger partial charge in [-0.2, -0.15) is 18.2 Å². The number of nitrogens with zero attached hydrogens (tertiary/aromatic N) is 2. The minimum absolute atomic E-state index is 0.0364. The Hall–Kier alpha value is -3.36. The number of carbonyl (C=O) groups is 1. The molecule has 0 bridgehead atoms. The van der Waals surface area contributed by atoms with Gasteiger partial charge >= 0.3 is 6.18 Å². The number of nitrogens with one attached hydrogen (secondary N) is 1. The van der Waals surface area contributed by atoms with E-state index >= 15 is 0 Å². The first-order chi connectivity index (χ1) is 13.3. The normalized spacial score (nSPS) is 11.3. The monoisotopic (exact) mass is 391 g/mol.